The van der Waals surface area contributed by atoms with E-state index in [0.717, 1.165) is 86.8 Å². The summed E-state index contributed by atoms with van der Waals surface area (Å²) in [6.45, 7) is 9.35. The van der Waals surface area contributed by atoms with Crippen molar-refractivity contribution < 1.29 is 18.7 Å². The average Bonchev–Trinajstić information content (AvgIpc) is 3.36. The molecule has 7 rings (SSSR count). The first-order valence-corrected chi connectivity index (χ1v) is 17.5. The van der Waals surface area contributed by atoms with E-state index in [9.17, 15) is 14.4 Å². The molecule has 1 saturated heterocycles. The van der Waals surface area contributed by atoms with E-state index in [0.29, 0.717) is 41.6 Å². The third kappa shape index (κ3) is 5.75. The van der Waals surface area contributed by atoms with Gasteiger partial charge in [0.15, 0.2) is 0 Å². The van der Waals surface area contributed by atoms with Gasteiger partial charge in [-0.1, -0.05) is 13.8 Å². The summed E-state index contributed by atoms with van der Waals surface area (Å²) in [6.07, 6.45) is 10.3. The minimum absolute atomic E-state index is 0.0784. The zero-order chi connectivity index (χ0) is 31.3. The molecule has 8 heteroatoms. The molecule has 8 nitrogen and oxygen atoms in total. The molecule has 1 aromatic carbocycles. The molecule has 0 bridgehead atoms. The number of Topliss-reactive ketones (excluding diaryl/α,β-unsaturated/α-hetero) is 1. The number of nitrogens with one attached hydrogen (secondary N) is 1. The van der Waals surface area contributed by atoms with Crippen LogP contribution in [-0.2, 0) is 20.7 Å². The SMILES string of the molecule is CN1CCN(c2ccc3c(CCNC(=O)COC4CCC5C6CCC7CC(=O)CCC7(C)C6CCC45C)cc(=O)oc3c2)CC1. The molecule has 1 N–H and O–H groups in total. The predicted octanol–water partition coefficient (Wildman–Crippen LogP) is 5.20. The lowest BCUT2D eigenvalue weighted by atomic mass is 9.45. The van der Waals surface area contributed by atoms with Crippen LogP contribution >= 0.6 is 0 Å². The van der Waals surface area contributed by atoms with Gasteiger partial charge in [-0.2, -0.15) is 0 Å². The van der Waals surface area contributed by atoms with Crippen molar-refractivity contribution in [1.29, 1.82) is 0 Å². The van der Waals surface area contributed by atoms with Gasteiger partial charge in [0.25, 0.3) is 0 Å². The van der Waals surface area contributed by atoms with Crippen molar-refractivity contribution in [3.8, 4) is 0 Å². The number of rotatable bonds is 7. The fourth-order valence-electron chi connectivity index (χ4n) is 10.5. The second-order valence-corrected chi connectivity index (χ2v) is 15.5. The monoisotopic (exact) mass is 617 g/mol. The molecule has 5 aliphatic rings. The molecule has 5 fully saturated rings. The van der Waals surface area contributed by atoms with Gasteiger partial charge in [0.2, 0.25) is 5.91 Å². The number of anilines is 1. The number of carbonyl (C=O) groups excluding carboxylic acids is 2. The molecule has 1 aromatic heterocycles. The topological polar surface area (TPSA) is 92.1 Å². The van der Waals surface area contributed by atoms with Gasteiger partial charge in [-0.05, 0) is 111 Å². The number of fused-ring (bicyclic) bond motifs is 6. The lowest BCUT2D eigenvalue weighted by Gasteiger charge is -2.60. The molecule has 1 aliphatic heterocycles. The number of benzene rings is 1. The second-order valence-electron chi connectivity index (χ2n) is 15.5. The summed E-state index contributed by atoms with van der Waals surface area (Å²) >= 11 is 0. The van der Waals surface area contributed by atoms with Gasteiger partial charge in [-0.3, -0.25) is 9.59 Å². The Kier molecular flexibility index (Phi) is 8.34. The molecule has 45 heavy (non-hydrogen) atoms. The Labute approximate surface area is 267 Å². The van der Waals surface area contributed by atoms with Gasteiger partial charge in [-0.25, -0.2) is 4.79 Å². The molecule has 4 saturated carbocycles. The highest BCUT2D eigenvalue weighted by Crippen LogP contribution is 2.66. The normalized spacial score (nSPS) is 35.1. The van der Waals surface area contributed by atoms with E-state index >= 15 is 0 Å². The number of ether oxygens (including phenoxy) is 1. The standard InChI is InChI=1S/C37H51N3O5/c1-36-13-10-27(41)21-25(36)4-6-29-30-8-9-33(37(30,2)14-11-31(29)36)44-23-34(42)38-15-12-24-20-35(43)45-32-22-26(5-7-28(24)32)40-18-16-39(3)17-19-40/h5,7,20,22,25,29-31,33H,4,6,8-19,21,23H2,1-3H3,(H,38,42). The molecule has 2 aromatic rings. The summed E-state index contributed by atoms with van der Waals surface area (Å²) < 4.78 is 12.0. The number of hydrogen-bond donors (Lipinski definition) is 1. The molecule has 4 aliphatic carbocycles. The summed E-state index contributed by atoms with van der Waals surface area (Å²) in [5, 5.41) is 3.96. The van der Waals surface area contributed by atoms with Gasteiger partial charge in [-0.15, -0.1) is 0 Å². The van der Waals surface area contributed by atoms with Crippen molar-refractivity contribution in [1.82, 2.24) is 10.2 Å². The van der Waals surface area contributed by atoms with E-state index in [1.54, 1.807) is 6.07 Å². The summed E-state index contributed by atoms with van der Waals surface area (Å²) in [5.41, 5.74) is 2.64. The molecule has 0 spiro atoms. The van der Waals surface area contributed by atoms with E-state index in [4.69, 9.17) is 9.15 Å². The Hall–Kier alpha value is -2.71. The smallest absolute Gasteiger partial charge is 0.336 e. The number of carbonyl (C=O) groups is 2. The number of hydrogen-bond acceptors (Lipinski definition) is 7. The molecule has 7 atom stereocenters. The Morgan fingerprint density at radius 2 is 1.78 bits per heavy atom. The Morgan fingerprint density at radius 3 is 2.60 bits per heavy atom. The van der Waals surface area contributed by atoms with Crippen molar-refractivity contribution >= 4 is 28.3 Å². The minimum Gasteiger partial charge on any atom is -0.423 e. The van der Waals surface area contributed by atoms with Crippen LogP contribution in [0, 0.1) is 34.5 Å². The highest BCUT2D eigenvalue weighted by atomic mass is 16.5. The first kappa shape index (κ1) is 30.9. The molecule has 0 radical (unpaired) electrons. The largest absolute Gasteiger partial charge is 0.423 e. The number of piperazine rings is 1. The molecule has 1 amide bonds. The fourth-order valence-corrected chi connectivity index (χ4v) is 10.5. The lowest BCUT2D eigenvalue weighted by molar-refractivity contribution is -0.148. The van der Waals surface area contributed by atoms with Crippen LogP contribution in [-0.4, -0.2) is 69.1 Å². The molecule has 7 unspecified atom stereocenters. The number of likely N-dealkylation sites (N-methyl/N-ethyl adjacent to an activating group) is 1. The summed E-state index contributed by atoms with van der Waals surface area (Å²) in [6, 6.07) is 7.67. The van der Waals surface area contributed by atoms with Crippen LogP contribution < -0.4 is 15.8 Å². The number of ketones is 1. The second kappa shape index (κ2) is 12.1. The number of nitrogens with zero attached hydrogens (tertiary/aromatic N) is 2. The molecule has 2 heterocycles. The van der Waals surface area contributed by atoms with Crippen LogP contribution in [0.25, 0.3) is 11.0 Å². The maximum Gasteiger partial charge on any atom is 0.336 e. The van der Waals surface area contributed by atoms with Gasteiger partial charge in [0.1, 0.15) is 18.0 Å². The van der Waals surface area contributed by atoms with Crippen molar-refractivity contribution in [2.75, 3.05) is 51.3 Å². The average molecular weight is 618 g/mol. The Morgan fingerprint density at radius 1 is 0.978 bits per heavy atom. The minimum atomic E-state index is -0.360. The lowest BCUT2D eigenvalue weighted by Crippen LogP contribution is -2.54. The van der Waals surface area contributed by atoms with Gasteiger partial charge in [0.05, 0.1) is 6.10 Å². The van der Waals surface area contributed by atoms with Crippen LogP contribution in [0.2, 0.25) is 0 Å². The van der Waals surface area contributed by atoms with E-state index in [1.807, 2.05) is 12.1 Å². The first-order chi connectivity index (χ1) is 21.6. The summed E-state index contributed by atoms with van der Waals surface area (Å²) in [7, 11) is 2.14. The predicted molar refractivity (Wildman–Crippen MR) is 175 cm³/mol. The van der Waals surface area contributed by atoms with E-state index in [2.05, 4.69) is 42.1 Å². The Bertz CT molecular complexity index is 1500. The van der Waals surface area contributed by atoms with Crippen LogP contribution in [0.4, 0.5) is 5.69 Å². The molecular formula is C37H51N3O5. The van der Waals surface area contributed by atoms with E-state index in [-0.39, 0.29) is 29.7 Å². The maximum atomic E-state index is 12.9. The van der Waals surface area contributed by atoms with Crippen LogP contribution in [0.1, 0.15) is 77.2 Å². The number of amides is 1. The van der Waals surface area contributed by atoms with Crippen molar-refractivity contribution in [2.45, 2.75) is 84.2 Å². The maximum absolute atomic E-state index is 12.9. The highest BCUT2D eigenvalue weighted by Gasteiger charge is 2.60. The quantitative estimate of drug-likeness (QED) is 0.427. The van der Waals surface area contributed by atoms with Crippen LogP contribution in [0.3, 0.4) is 0 Å². The van der Waals surface area contributed by atoms with E-state index < -0.39 is 0 Å². The Balaban J connectivity index is 0.928. The zero-order valence-corrected chi connectivity index (χ0v) is 27.4. The summed E-state index contributed by atoms with van der Waals surface area (Å²) in [5.74, 6) is 3.04. The van der Waals surface area contributed by atoms with Crippen LogP contribution in [0.15, 0.2) is 33.5 Å². The van der Waals surface area contributed by atoms with Gasteiger partial charge in [0, 0.05) is 68.8 Å². The van der Waals surface area contributed by atoms with Crippen molar-refractivity contribution in [3.05, 3.63) is 40.2 Å². The molecular weight excluding hydrogens is 566 g/mol. The van der Waals surface area contributed by atoms with Crippen molar-refractivity contribution in [3.63, 3.8) is 0 Å². The van der Waals surface area contributed by atoms with Crippen molar-refractivity contribution in [2.24, 2.45) is 34.5 Å². The van der Waals surface area contributed by atoms with E-state index in [1.165, 1.54) is 25.7 Å². The highest BCUT2D eigenvalue weighted by molar-refractivity contribution is 5.84. The third-order valence-electron chi connectivity index (χ3n) is 13.2. The van der Waals surface area contributed by atoms with Gasteiger partial charge >= 0.3 is 5.63 Å². The summed E-state index contributed by atoms with van der Waals surface area (Å²) in [4.78, 5) is 42.2. The van der Waals surface area contributed by atoms with Crippen LogP contribution in [0.5, 0.6) is 0 Å². The first-order valence-electron chi connectivity index (χ1n) is 17.5. The third-order valence-corrected chi connectivity index (χ3v) is 13.2. The van der Waals surface area contributed by atoms with Gasteiger partial charge < -0.3 is 24.3 Å². The zero-order valence-electron chi connectivity index (χ0n) is 27.4. The fraction of sp³-hybridized carbons (Fsp3) is 0.703. The molecule has 244 valence electrons.